The minimum Gasteiger partial charge on any atom is -0.550 e. The molecule has 0 fully saturated rings. The van der Waals surface area contributed by atoms with Crippen LogP contribution in [-0.4, -0.2) is 5.97 Å². The minimum atomic E-state index is -0.924. The van der Waals surface area contributed by atoms with Crippen molar-refractivity contribution in [2.75, 3.05) is 0 Å². The van der Waals surface area contributed by atoms with Gasteiger partial charge in [0.15, 0.2) is 0 Å². The molecule has 0 saturated carbocycles. The quantitative estimate of drug-likeness (QED) is 0.355. The Bertz CT molecular complexity index is 146. The predicted molar refractivity (Wildman–Crippen MR) is 52.1 cm³/mol. The van der Waals surface area contributed by atoms with Crippen molar-refractivity contribution in [2.24, 2.45) is 0 Å². The van der Waals surface area contributed by atoms with E-state index in [1.165, 1.54) is 19.3 Å². The van der Waals surface area contributed by atoms with Crippen molar-refractivity contribution < 1.29 is 27.0 Å². The maximum absolute atomic E-state index is 10.1. The van der Waals surface area contributed by atoms with Gasteiger partial charge in [0, 0.05) is 5.97 Å². The van der Waals surface area contributed by atoms with Crippen molar-refractivity contribution in [1.82, 2.24) is 0 Å². The zero-order chi connectivity index (χ0) is 9.94. The number of hydrogen-bond donors (Lipinski definition) is 0. The molecule has 0 aliphatic carbocycles. The van der Waals surface area contributed by atoms with Crippen LogP contribution in [0, 0.1) is 0 Å². The number of hydrogen-bond acceptors (Lipinski definition) is 2. The summed E-state index contributed by atoms with van der Waals surface area (Å²) in [6, 6.07) is 0. The topological polar surface area (TPSA) is 40.1 Å². The van der Waals surface area contributed by atoms with E-state index in [-0.39, 0.29) is 23.5 Å². The standard InChI is InChI=1S/C11H20O2.Cu/c1-2-3-4-5-6-7-8-9-10-11(12)13;/h2H,1,3-10H2,(H,12,13);/q;+1/p-1. The molecular weight excluding hydrogens is 228 g/mol. The zero-order valence-electron chi connectivity index (χ0n) is 8.56. The number of carboxylic acid groups (broad SMARTS) is 1. The van der Waals surface area contributed by atoms with Gasteiger partial charge in [0.1, 0.15) is 0 Å². The van der Waals surface area contributed by atoms with Gasteiger partial charge in [-0.1, -0.05) is 31.8 Å². The first-order chi connectivity index (χ1) is 6.27. The molecule has 0 aliphatic heterocycles. The number of allylic oxidation sites excluding steroid dienone is 1. The Morgan fingerprint density at radius 2 is 1.57 bits per heavy atom. The predicted octanol–water partition coefficient (Wildman–Crippen LogP) is 2.04. The summed E-state index contributed by atoms with van der Waals surface area (Å²) in [6.45, 7) is 3.66. The molecule has 0 radical (unpaired) electrons. The average Bonchev–Trinajstić information content (AvgIpc) is 2.09. The molecule has 0 unspecified atom stereocenters. The van der Waals surface area contributed by atoms with Crippen LogP contribution in [0.5, 0.6) is 0 Å². The Hall–Kier alpha value is -0.271. The Kier molecular flexibility index (Phi) is 14.7. The van der Waals surface area contributed by atoms with Crippen LogP contribution < -0.4 is 5.11 Å². The molecule has 0 amide bonds. The molecule has 0 aromatic rings. The molecular formula is C11H19CuO2. The van der Waals surface area contributed by atoms with Gasteiger partial charge in [-0.25, -0.2) is 0 Å². The van der Waals surface area contributed by atoms with Crippen LogP contribution in [-0.2, 0) is 21.9 Å². The molecule has 0 N–H and O–H groups in total. The molecule has 0 bridgehead atoms. The van der Waals surface area contributed by atoms with E-state index in [4.69, 9.17) is 0 Å². The molecule has 0 atom stereocenters. The number of rotatable bonds is 9. The van der Waals surface area contributed by atoms with Crippen LogP contribution in [0.4, 0.5) is 0 Å². The second kappa shape index (κ2) is 12.7. The molecule has 0 aromatic carbocycles. The Morgan fingerprint density at radius 3 is 2.07 bits per heavy atom. The van der Waals surface area contributed by atoms with Crippen LogP contribution in [0.2, 0.25) is 0 Å². The van der Waals surface area contributed by atoms with Crippen molar-refractivity contribution in [2.45, 2.75) is 51.4 Å². The third-order valence-electron chi connectivity index (χ3n) is 2.04. The fraction of sp³-hybridized carbons (Fsp3) is 0.727. The molecule has 14 heavy (non-hydrogen) atoms. The second-order valence-electron chi connectivity index (χ2n) is 3.32. The summed E-state index contributed by atoms with van der Waals surface area (Å²) < 4.78 is 0. The molecule has 0 spiro atoms. The van der Waals surface area contributed by atoms with Gasteiger partial charge in [-0.3, -0.25) is 0 Å². The molecule has 0 heterocycles. The first-order valence-corrected chi connectivity index (χ1v) is 5.08. The van der Waals surface area contributed by atoms with Crippen LogP contribution in [0.1, 0.15) is 51.4 Å². The smallest absolute Gasteiger partial charge is 0.550 e. The SMILES string of the molecule is C=CCCCCCCCCC(=O)[O-].[Cu+]. The van der Waals surface area contributed by atoms with Crippen LogP contribution >= 0.6 is 0 Å². The fourth-order valence-corrected chi connectivity index (χ4v) is 1.27. The summed E-state index contributed by atoms with van der Waals surface area (Å²) >= 11 is 0. The van der Waals surface area contributed by atoms with E-state index >= 15 is 0 Å². The van der Waals surface area contributed by atoms with Crippen LogP contribution in [0.15, 0.2) is 12.7 Å². The molecule has 2 nitrogen and oxygen atoms in total. The van der Waals surface area contributed by atoms with Gasteiger partial charge in [-0.15, -0.1) is 6.58 Å². The summed E-state index contributed by atoms with van der Waals surface area (Å²) in [7, 11) is 0. The normalized spacial score (nSPS) is 9.14. The first-order valence-electron chi connectivity index (χ1n) is 5.08. The summed E-state index contributed by atoms with van der Waals surface area (Å²) in [5, 5.41) is 10.1. The van der Waals surface area contributed by atoms with E-state index in [1.807, 2.05) is 6.08 Å². The number of carboxylic acids is 1. The van der Waals surface area contributed by atoms with Crippen molar-refractivity contribution >= 4 is 5.97 Å². The van der Waals surface area contributed by atoms with Gasteiger partial charge in [0.25, 0.3) is 0 Å². The minimum absolute atomic E-state index is 0. The van der Waals surface area contributed by atoms with Gasteiger partial charge in [-0.05, 0) is 25.7 Å². The summed E-state index contributed by atoms with van der Waals surface area (Å²) in [4.78, 5) is 10.1. The zero-order valence-corrected chi connectivity index (χ0v) is 9.50. The maximum Gasteiger partial charge on any atom is 1.00 e. The third kappa shape index (κ3) is 14.3. The Balaban J connectivity index is 0. The van der Waals surface area contributed by atoms with Gasteiger partial charge >= 0.3 is 17.1 Å². The van der Waals surface area contributed by atoms with Crippen LogP contribution in [0.25, 0.3) is 0 Å². The molecule has 0 saturated heterocycles. The average molecular weight is 247 g/mol. The summed E-state index contributed by atoms with van der Waals surface area (Å²) in [6.07, 6.45) is 9.83. The molecule has 0 rings (SSSR count). The monoisotopic (exact) mass is 246 g/mol. The van der Waals surface area contributed by atoms with E-state index in [2.05, 4.69) is 6.58 Å². The van der Waals surface area contributed by atoms with E-state index in [9.17, 15) is 9.90 Å². The number of aliphatic carboxylic acids is 1. The largest absolute Gasteiger partial charge is 1.00 e. The molecule has 3 heteroatoms. The van der Waals surface area contributed by atoms with Gasteiger partial charge < -0.3 is 9.90 Å². The number of unbranched alkanes of at least 4 members (excludes halogenated alkanes) is 6. The second-order valence-corrected chi connectivity index (χ2v) is 3.32. The van der Waals surface area contributed by atoms with E-state index < -0.39 is 5.97 Å². The van der Waals surface area contributed by atoms with Crippen molar-refractivity contribution in [3.05, 3.63) is 12.7 Å². The van der Waals surface area contributed by atoms with E-state index in [0.29, 0.717) is 0 Å². The Morgan fingerprint density at radius 1 is 1.07 bits per heavy atom. The van der Waals surface area contributed by atoms with Crippen molar-refractivity contribution in [1.29, 1.82) is 0 Å². The molecule has 86 valence electrons. The summed E-state index contributed by atoms with van der Waals surface area (Å²) in [5.74, 6) is -0.924. The van der Waals surface area contributed by atoms with Crippen molar-refractivity contribution in [3.8, 4) is 0 Å². The molecule has 0 aromatic heterocycles. The summed E-state index contributed by atoms with van der Waals surface area (Å²) in [5.41, 5.74) is 0. The van der Waals surface area contributed by atoms with E-state index in [0.717, 1.165) is 25.7 Å². The third-order valence-corrected chi connectivity index (χ3v) is 2.04. The molecule has 0 aliphatic rings. The van der Waals surface area contributed by atoms with Crippen LogP contribution in [0.3, 0.4) is 0 Å². The Labute approximate surface area is 97.3 Å². The van der Waals surface area contributed by atoms with Crippen molar-refractivity contribution in [3.63, 3.8) is 0 Å². The maximum atomic E-state index is 10.1. The number of carbonyl (C=O) groups excluding carboxylic acids is 1. The number of carbonyl (C=O) groups is 1. The first kappa shape index (κ1) is 16.2. The fourth-order valence-electron chi connectivity index (χ4n) is 1.27. The van der Waals surface area contributed by atoms with Gasteiger partial charge in [0.05, 0.1) is 0 Å². The van der Waals surface area contributed by atoms with Gasteiger partial charge in [0.2, 0.25) is 0 Å². The van der Waals surface area contributed by atoms with Gasteiger partial charge in [-0.2, -0.15) is 0 Å². The van der Waals surface area contributed by atoms with E-state index in [1.54, 1.807) is 0 Å².